The number of guanidine groups is 1. The summed E-state index contributed by atoms with van der Waals surface area (Å²) in [4.78, 5) is 18.5. The van der Waals surface area contributed by atoms with Crippen molar-refractivity contribution in [3.8, 4) is 22.6 Å². The Labute approximate surface area is 208 Å². The van der Waals surface area contributed by atoms with Gasteiger partial charge in [-0.25, -0.2) is 4.98 Å². The Morgan fingerprint density at radius 1 is 1.12 bits per heavy atom. The van der Waals surface area contributed by atoms with Crippen LogP contribution in [-0.4, -0.2) is 45.1 Å². The fourth-order valence-corrected chi connectivity index (χ4v) is 3.22. The van der Waals surface area contributed by atoms with Gasteiger partial charge in [-0.3, -0.25) is 4.99 Å². The zero-order valence-corrected chi connectivity index (χ0v) is 20.7. The second-order valence-corrected chi connectivity index (χ2v) is 7.32. The van der Waals surface area contributed by atoms with Crippen molar-refractivity contribution in [3.63, 3.8) is 0 Å². The summed E-state index contributed by atoms with van der Waals surface area (Å²) in [5.74, 6) is 2.50. The van der Waals surface area contributed by atoms with Crippen molar-refractivity contribution >= 4 is 41.5 Å². The van der Waals surface area contributed by atoms with Gasteiger partial charge < -0.3 is 19.7 Å². The van der Waals surface area contributed by atoms with E-state index in [-0.39, 0.29) is 24.0 Å². The first kappa shape index (κ1) is 23.7. The van der Waals surface area contributed by atoms with E-state index in [0.29, 0.717) is 35.8 Å². The van der Waals surface area contributed by atoms with Crippen molar-refractivity contribution in [2.75, 3.05) is 14.1 Å². The van der Waals surface area contributed by atoms with Crippen LogP contribution in [0.2, 0.25) is 5.02 Å². The van der Waals surface area contributed by atoms with Crippen LogP contribution < -0.4 is 5.32 Å². The number of aromatic amines is 1. The average molecular weight is 564 g/mol. The van der Waals surface area contributed by atoms with E-state index in [1.165, 1.54) is 0 Å². The molecular weight excluding hydrogens is 541 g/mol. The summed E-state index contributed by atoms with van der Waals surface area (Å²) in [6.45, 7) is 0.914. The second-order valence-electron chi connectivity index (χ2n) is 6.89. The van der Waals surface area contributed by atoms with Crippen molar-refractivity contribution in [2.24, 2.45) is 4.99 Å². The Balaban J connectivity index is 0.00000289. The summed E-state index contributed by atoms with van der Waals surface area (Å²) in [6, 6.07) is 17.4. The van der Waals surface area contributed by atoms with Crippen LogP contribution in [0.25, 0.3) is 22.6 Å². The third-order valence-corrected chi connectivity index (χ3v) is 4.89. The number of H-pyrrole nitrogens is 1. The number of aromatic nitrogens is 4. The molecule has 0 bridgehead atoms. The number of nitrogens with zero attached hydrogens (tertiary/aromatic N) is 5. The number of hydrogen-bond acceptors (Lipinski definition) is 5. The molecular formula is C22H23ClIN7O. The lowest BCUT2D eigenvalue weighted by Gasteiger charge is -2.20. The van der Waals surface area contributed by atoms with Crippen molar-refractivity contribution in [3.05, 3.63) is 77.5 Å². The van der Waals surface area contributed by atoms with E-state index in [9.17, 15) is 0 Å². The number of hydrogen-bond donors (Lipinski definition) is 2. The summed E-state index contributed by atoms with van der Waals surface area (Å²) >= 11 is 5.93. The van der Waals surface area contributed by atoms with E-state index < -0.39 is 0 Å². The molecule has 0 aliphatic carbocycles. The summed E-state index contributed by atoms with van der Waals surface area (Å²) in [7, 11) is 3.66. The van der Waals surface area contributed by atoms with Gasteiger partial charge in [0, 0.05) is 24.7 Å². The number of rotatable bonds is 6. The molecule has 4 aromatic rings. The molecule has 0 saturated heterocycles. The first-order chi connectivity index (χ1) is 15.1. The Kier molecular flexibility index (Phi) is 8.23. The van der Waals surface area contributed by atoms with Crippen LogP contribution >= 0.6 is 35.6 Å². The molecule has 0 fully saturated rings. The number of aliphatic imine (C=N–C) groups is 1. The maximum atomic E-state index is 5.93. The molecule has 0 saturated carbocycles. The summed E-state index contributed by atoms with van der Waals surface area (Å²) in [5, 5.41) is 7.92. The van der Waals surface area contributed by atoms with Crippen molar-refractivity contribution in [2.45, 2.75) is 13.1 Å². The van der Waals surface area contributed by atoms with Crippen LogP contribution in [0, 0.1) is 0 Å². The highest BCUT2D eigenvalue weighted by atomic mass is 127. The van der Waals surface area contributed by atoms with E-state index in [1.54, 1.807) is 19.2 Å². The van der Waals surface area contributed by atoms with Gasteiger partial charge in [0.05, 0.1) is 25.0 Å². The van der Waals surface area contributed by atoms with Crippen LogP contribution in [0.3, 0.4) is 0 Å². The molecule has 8 nitrogen and oxygen atoms in total. The summed E-state index contributed by atoms with van der Waals surface area (Å²) in [6.07, 6.45) is 1.84. The third kappa shape index (κ3) is 5.86. The fraction of sp³-hybridized carbons (Fsp3) is 0.182. The van der Waals surface area contributed by atoms with Gasteiger partial charge in [-0.15, -0.1) is 24.0 Å². The van der Waals surface area contributed by atoms with Crippen LogP contribution in [0.5, 0.6) is 0 Å². The molecule has 0 aliphatic heterocycles. The monoisotopic (exact) mass is 563 g/mol. The van der Waals surface area contributed by atoms with E-state index in [1.807, 2.05) is 60.6 Å². The van der Waals surface area contributed by atoms with Crippen molar-refractivity contribution in [1.29, 1.82) is 0 Å². The molecule has 10 heteroatoms. The Hall–Kier alpha value is -2.92. The van der Waals surface area contributed by atoms with Gasteiger partial charge in [-0.05, 0) is 29.8 Å². The minimum atomic E-state index is 0. The van der Waals surface area contributed by atoms with E-state index in [2.05, 4.69) is 30.4 Å². The lowest BCUT2D eigenvalue weighted by Crippen LogP contribution is -2.38. The van der Waals surface area contributed by atoms with Gasteiger partial charge in [0.15, 0.2) is 5.96 Å². The number of benzene rings is 2. The Morgan fingerprint density at radius 2 is 1.88 bits per heavy atom. The largest absolute Gasteiger partial charge is 0.347 e. The van der Waals surface area contributed by atoms with Crippen LogP contribution in [-0.2, 0) is 13.1 Å². The maximum absolute atomic E-state index is 5.93. The number of imidazole rings is 1. The lowest BCUT2D eigenvalue weighted by molar-refractivity contribution is 0.371. The molecule has 166 valence electrons. The standard InChI is InChI=1S/C22H22ClN7O.HI/c1-24-22(26-13-20-28-21(29-31-20)16-8-10-17(23)11-9-16)30(2)14-19-25-12-18(27-19)15-6-4-3-5-7-15;/h3-12H,13-14H2,1-2H3,(H,24,26)(H,25,27);1H. The van der Waals surface area contributed by atoms with Gasteiger partial charge in [0.1, 0.15) is 5.82 Å². The van der Waals surface area contributed by atoms with Gasteiger partial charge in [-0.2, -0.15) is 4.98 Å². The highest BCUT2D eigenvalue weighted by molar-refractivity contribution is 14.0. The molecule has 0 spiro atoms. The average Bonchev–Trinajstić information content (AvgIpc) is 3.45. The van der Waals surface area contributed by atoms with Gasteiger partial charge in [0.2, 0.25) is 11.7 Å². The quantitative estimate of drug-likeness (QED) is 0.202. The minimum Gasteiger partial charge on any atom is -0.347 e. The minimum absolute atomic E-state index is 0. The Morgan fingerprint density at radius 3 is 2.59 bits per heavy atom. The molecule has 2 heterocycles. The zero-order valence-electron chi connectivity index (χ0n) is 17.6. The molecule has 0 unspecified atom stereocenters. The first-order valence-corrected chi connectivity index (χ1v) is 10.1. The summed E-state index contributed by atoms with van der Waals surface area (Å²) in [5.41, 5.74) is 2.92. The highest BCUT2D eigenvalue weighted by Crippen LogP contribution is 2.19. The number of nitrogens with one attached hydrogen (secondary N) is 2. The van der Waals surface area contributed by atoms with Gasteiger partial charge >= 0.3 is 0 Å². The predicted molar refractivity (Wildman–Crippen MR) is 136 cm³/mol. The molecule has 0 aliphatic rings. The van der Waals surface area contributed by atoms with Crippen LogP contribution in [0.1, 0.15) is 11.7 Å². The zero-order chi connectivity index (χ0) is 21.6. The molecule has 2 N–H and O–H groups in total. The normalized spacial score (nSPS) is 11.2. The Bertz CT molecular complexity index is 1160. The van der Waals surface area contributed by atoms with E-state index in [4.69, 9.17) is 16.1 Å². The topological polar surface area (TPSA) is 95.2 Å². The highest BCUT2D eigenvalue weighted by Gasteiger charge is 2.13. The SMILES string of the molecule is CN=C(NCc1nc(-c2ccc(Cl)cc2)no1)N(C)Cc1ncc(-c2ccccc2)[nH]1.I. The van der Waals surface area contributed by atoms with Gasteiger partial charge in [0.25, 0.3) is 0 Å². The molecule has 2 aromatic carbocycles. The smallest absolute Gasteiger partial charge is 0.246 e. The molecule has 2 aromatic heterocycles. The lowest BCUT2D eigenvalue weighted by atomic mass is 10.2. The van der Waals surface area contributed by atoms with Crippen molar-refractivity contribution < 1.29 is 4.52 Å². The first-order valence-electron chi connectivity index (χ1n) is 9.72. The van der Waals surface area contributed by atoms with Crippen LogP contribution in [0.15, 0.2) is 70.3 Å². The van der Waals surface area contributed by atoms with Crippen molar-refractivity contribution in [1.82, 2.24) is 30.3 Å². The summed E-state index contributed by atoms with van der Waals surface area (Å²) < 4.78 is 5.35. The van der Waals surface area contributed by atoms with Crippen LogP contribution in [0.4, 0.5) is 0 Å². The van der Waals surface area contributed by atoms with E-state index >= 15 is 0 Å². The molecule has 4 rings (SSSR count). The molecule has 0 amide bonds. The molecule has 0 radical (unpaired) electrons. The molecule has 0 atom stereocenters. The van der Waals surface area contributed by atoms with Gasteiger partial charge in [-0.1, -0.05) is 47.1 Å². The van der Waals surface area contributed by atoms with E-state index in [0.717, 1.165) is 22.6 Å². The predicted octanol–water partition coefficient (Wildman–Crippen LogP) is 4.61. The third-order valence-electron chi connectivity index (χ3n) is 4.64. The molecule has 32 heavy (non-hydrogen) atoms. The fourth-order valence-electron chi connectivity index (χ4n) is 3.09. The number of halogens is 2. The maximum Gasteiger partial charge on any atom is 0.246 e. The second kappa shape index (κ2) is 11.1.